The molecule has 0 unspecified atom stereocenters. The van der Waals surface area contributed by atoms with Crippen LogP contribution < -0.4 is 20.1 Å². The summed E-state index contributed by atoms with van der Waals surface area (Å²) >= 11 is 8.18. The van der Waals surface area contributed by atoms with Crippen LogP contribution in [0.2, 0.25) is 5.02 Å². The molecule has 0 aliphatic rings. The van der Waals surface area contributed by atoms with E-state index in [1.807, 2.05) is 45.0 Å². The molecule has 0 aromatic heterocycles. The first-order valence-electron chi connectivity index (χ1n) is 11.3. The van der Waals surface area contributed by atoms with Crippen LogP contribution in [0, 0.1) is 28.7 Å². The van der Waals surface area contributed by atoms with Gasteiger partial charge in [0.1, 0.15) is 11.6 Å². The standard InChI is InChI=1S/C28H25ClIN3O4/c1-4-36-25-13-19(11-20(15-31)28(35)33-21-8-5-17(2)6-9-21)12-24(30)27(25)37-16-26(34)32-22-10-7-18(3)23(29)14-22/h5-14H,4,16H2,1-3H3,(H,32,34)(H,33,35)/b20-11-. The first-order valence-corrected chi connectivity index (χ1v) is 12.8. The highest BCUT2D eigenvalue weighted by Gasteiger charge is 2.16. The van der Waals surface area contributed by atoms with Gasteiger partial charge in [-0.25, -0.2) is 0 Å². The van der Waals surface area contributed by atoms with Crippen LogP contribution in [0.25, 0.3) is 6.08 Å². The van der Waals surface area contributed by atoms with Gasteiger partial charge in [0.15, 0.2) is 18.1 Å². The molecule has 0 radical (unpaired) electrons. The largest absolute Gasteiger partial charge is 0.490 e. The second-order valence-corrected chi connectivity index (χ2v) is 9.62. The Kier molecular flexibility index (Phi) is 9.94. The van der Waals surface area contributed by atoms with Gasteiger partial charge in [-0.3, -0.25) is 9.59 Å². The molecule has 0 fully saturated rings. The molecule has 3 aromatic carbocycles. The zero-order chi connectivity index (χ0) is 26.9. The zero-order valence-electron chi connectivity index (χ0n) is 20.5. The van der Waals surface area contributed by atoms with E-state index >= 15 is 0 Å². The predicted octanol–water partition coefficient (Wildman–Crippen LogP) is 6.52. The van der Waals surface area contributed by atoms with Crippen molar-refractivity contribution in [2.24, 2.45) is 0 Å². The number of nitriles is 1. The summed E-state index contributed by atoms with van der Waals surface area (Å²) in [6, 6.07) is 17.9. The Bertz CT molecular complexity index is 1380. The minimum Gasteiger partial charge on any atom is -0.490 e. The minimum absolute atomic E-state index is 0.0661. The molecule has 0 atom stereocenters. The number of ether oxygens (including phenoxy) is 2. The number of carbonyl (C=O) groups is 2. The molecule has 0 bridgehead atoms. The quantitative estimate of drug-likeness (QED) is 0.159. The molecule has 190 valence electrons. The average Bonchev–Trinajstić information content (AvgIpc) is 2.85. The first-order chi connectivity index (χ1) is 17.7. The number of nitrogens with zero attached hydrogens (tertiary/aromatic N) is 1. The van der Waals surface area contributed by atoms with Gasteiger partial charge in [-0.2, -0.15) is 5.26 Å². The number of amides is 2. The summed E-state index contributed by atoms with van der Waals surface area (Å²) in [6.45, 7) is 5.75. The lowest BCUT2D eigenvalue weighted by molar-refractivity contribution is -0.118. The number of carbonyl (C=O) groups excluding carboxylic acids is 2. The maximum atomic E-state index is 12.7. The van der Waals surface area contributed by atoms with Gasteiger partial charge in [0.2, 0.25) is 0 Å². The van der Waals surface area contributed by atoms with Crippen molar-refractivity contribution in [1.82, 2.24) is 0 Å². The zero-order valence-corrected chi connectivity index (χ0v) is 23.4. The lowest BCUT2D eigenvalue weighted by Gasteiger charge is -2.15. The Hall–Kier alpha value is -3.55. The van der Waals surface area contributed by atoms with Gasteiger partial charge >= 0.3 is 0 Å². The van der Waals surface area contributed by atoms with E-state index in [1.54, 1.807) is 36.4 Å². The Morgan fingerprint density at radius 1 is 1.03 bits per heavy atom. The molecule has 2 amide bonds. The van der Waals surface area contributed by atoms with Crippen LogP contribution in [-0.4, -0.2) is 25.0 Å². The highest BCUT2D eigenvalue weighted by molar-refractivity contribution is 14.1. The van der Waals surface area contributed by atoms with Crippen molar-refractivity contribution in [3.63, 3.8) is 0 Å². The molecule has 0 aliphatic carbocycles. The summed E-state index contributed by atoms with van der Waals surface area (Å²) < 4.78 is 12.2. The smallest absolute Gasteiger partial charge is 0.266 e. The number of aryl methyl sites for hydroxylation is 2. The summed E-state index contributed by atoms with van der Waals surface area (Å²) in [6.07, 6.45) is 1.48. The lowest BCUT2D eigenvalue weighted by atomic mass is 10.1. The van der Waals surface area contributed by atoms with E-state index in [1.165, 1.54) is 6.08 Å². The van der Waals surface area contributed by atoms with Crippen molar-refractivity contribution in [1.29, 1.82) is 5.26 Å². The third-order valence-corrected chi connectivity index (χ3v) is 6.33. The van der Waals surface area contributed by atoms with Gasteiger partial charge in [-0.05, 0) is 97.0 Å². The molecule has 0 heterocycles. The Labute approximate surface area is 234 Å². The summed E-state index contributed by atoms with van der Waals surface area (Å²) in [7, 11) is 0. The summed E-state index contributed by atoms with van der Waals surface area (Å²) in [5, 5.41) is 15.6. The summed E-state index contributed by atoms with van der Waals surface area (Å²) in [5.41, 5.74) is 3.64. The number of benzene rings is 3. The molecule has 3 rings (SSSR count). The van der Waals surface area contributed by atoms with Crippen LogP contribution in [0.5, 0.6) is 11.5 Å². The van der Waals surface area contributed by atoms with Gasteiger partial charge in [0.05, 0.1) is 10.2 Å². The van der Waals surface area contributed by atoms with E-state index in [-0.39, 0.29) is 18.1 Å². The molecule has 9 heteroatoms. The summed E-state index contributed by atoms with van der Waals surface area (Å²) in [5.74, 6) is -0.100. The van der Waals surface area contributed by atoms with Crippen LogP contribution in [-0.2, 0) is 9.59 Å². The fourth-order valence-corrected chi connectivity index (χ4v) is 4.19. The molecule has 0 saturated carbocycles. The van der Waals surface area contributed by atoms with Crippen molar-refractivity contribution in [3.05, 3.63) is 85.5 Å². The van der Waals surface area contributed by atoms with E-state index in [0.717, 1.165) is 11.1 Å². The Morgan fingerprint density at radius 3 is 2.38 bits per heavy atom. The third-order valence-electron chi connectivity index (χ3n) is 5.12. The third kappa shape index (κ3) is 7.97. The highest BCUT2D eigenvalue weighted by Crippen LogP contribution is 2.35. The second-order valence-electron chi connectivity index (χ2n) is 8.05. The van der Waals surface area contributed by atoms with Gasteiger partial charge in [-0.1, -0.05) is 35.4 Å². The lowest BCUT2D eigenvalue weighted by Crippen LogP contribution is -2.20. The van der Waals surface area contributed by atoms with Crippen LogP contribution in [0.1, 0.15) is 23.6 Å². The fourth-order valence-electron chi connectivity index (χ4n) is 3.23. The number of hydrogen-bond acceptors (Lipinski definition) is 5. The molecular formula is C28H25ClIN3O4. The van der Waals surface area contributed by atoms with Crippen molar-refractivity contribution in [3.8, 4) is 17.6 Å². The van der Waals surface area contributed by atoms with Gasteiger partial charge in [-0.15, -0.1) is 0 Å². The molecule has 0 aliphatic heterocycles. The normalized spacial score (nSPS) is 10.9. The molecule has 0 spiro atoms. The van der Waals surface area contributed by atoms with Crippen LogP contribution in [0.15, 0.2) is 60.2 Å². The topological polar surface area (TPSA) is 100 Å². The molecular weight excluding hydrogens is 605 g/mol. The number of rotatable bonds is 9. The van der Waals surface area contributed by atoms with E-state index in [9.17, 15) is 14.9 Å². The predicted molar refractivity (Wildman–Crippen MR) is 154 cm³/mol. The van der Waals surface area contributed by atoms with E-state index in [2.05, 4.69) is 33.2 Å². The van der Waals surface area contributed by atoms with Gasteiger partial charge in [0.25, 0.3) is 11.8 Å². The Balaban J connectivity index is 1.76. The fraction of sp³-hybridized carbons (Fsp3) is 0.179. The van der Waals surface area contributed by atoms with E-state index in [0.29, 0.717) is 43.6 Å². The maximum Gasteiger partial charge on any atom is 0.266 e. The number of anilines is 2. The highest BCUT2D eigenvalue weighted by atomic mass is 127. The van der Waals surface area contributed by atoms with E-state index in [4.69, 9.17) is 21.1 Å². The monoisotopic (exact) mass is 629 g/mol. The maximum absolute atomic E-state index is 12.7. The Morgan fingerprint density at radius 2 is 1.73 bits per heavy atom. The number of halogens is 2. The number of nitrogens with one attached hydrogen (secondary N) is 2. The van der Waals surface area contributed by atoms with Crippen LogP contribution >= 0.6 is 34.2 Å². The molecule has 0 saturated heterocycles. The molecule has 2 N–H and O–H groups in total. The second kappa shape index (κ2) is 13.1. The summed E-state index contributed by atoms with van der Waals surface area (Å²) in [4.78, 5) is 25.1. The number of hydrogen-bond donors (Lipinski definition) is 2. The van der Waals surface area contributed by atoms with Crippen molar-refractivity contribution < 1.29 is 19.1 Å². The van der Waals surface area contributed by atoms with Crippen molar-refractivity contribution >= 4 is 63.5 Å². The minimum atomic E-state index is -0.521. The molecule has 7 nitrogen and oxygen atoms in total. The van der Waals surface area contributed by atoms with E-state index < -0.39 is 5.91 Å². The molecule has 37 heavy (non-hydrogen) atoms. The molecule has 3 aromatic rings. The van der Waals surface area contributed by atoms with Crippen molar-refractivity contribution in [2.45, 2.75) is 20.8 Å². The average molecular weight is 630 g/mol. The van der Waals surface area contributed by atoms with Crippen molar-refractivity contribution in [2.75, 3.05) is 23.8 Å². The first kappa shape index (κ1) is 28.0. The van der Waals surface area contributed by atoms with Gasteiger partial charge < -0.3 is 20.1 Å². The SMILES string of the molecule is CCOc1cc(/C=C(/C#N)C(=O)Nc2ccc(C)cc2)cc(I)c1OCC(=O)Nc1ccc(C)c(Cl)c1. The van der Waals surface area contributed by atoms with Crippen LogP contribution in [0.3, 0.4) is 0 Å². The van der Waals surface area contributed by atoms with Gasteiger partial charge in [0, 0.05) is 16.4 Å². The van der Waals surface area contributed by atoms with Crippen LogP contribution in [0.4, 0.5) is 11.4 Å².